The Labute approximate surface area is 766 Å². The van der Waals surface area contributed by atoms with Crippen LogP contribution in [0.3, 0.4) is 0 Å². The SMILES string of the molecule is Nc1nc2c(ncn2[C@@H]2O[C@@H]3COP(O)(=S)O[C@H]4C[C@H](n5cnc6c5N=CCC6=O)O[C@@H]4COP(O)(=S)O[C@@H]2[C@@H]3F)c(=O)[nH]1.Nc1nc2c(ncn2[C@@H]2O[C@@H]3COP(O)(=S)O[C@H]4[C@@H](F)[C@H](n5cnc6c5N=CCC6=O)O[C@@H]4COP(O)(=S)O[C@@H]2[C@@H]3O)c(=O)[nH]1.Nc1nc2c(ncn2[C@@H]2O[C@@H]3COP(O)(=S)O[C@H]4[C@H](F)[C@H](n5cnc6c5N=CCC6=O)O[C@@H]4COP(=O)(O)O[C@@H]2[C@@H]3F)c(=O)[nH]1. The number of aromatic amines is 3. The van der Waals surface area contributed by atoms with E-state index in [0.717, 1.165) is 28.1 Å². The number of hydrogen-bond acceptors (Lipinski definition) is 46. The van der Waals surface area contributed by atoms with E-state index in [1.165, 1.54) is 55.9 Å². The third-order valence-corrected chi connectivity index (χ3v) is 30.9. The van der Waals surface area contributed by atoms with Crippen LogP contribution in [0, 0.1) is 0 Å². The van der Waals surface area contributed by atoms with Crippen LogP contribution in [0.1, 0.15) is 94.5 Å². The van der Waals surface area contributed by atoms with Gasteiger partial charge in [0, 0.05) is 44.3 Å². The second-order valence-corrected chi connectivity index (χ2v) is 46.0. The molecule has 0 aliphatic carbocycles. The number of imidazole rings is 6. The normalized spacial score (nSPS) is 38.4. The van der Waals surface area contributed by atoms with Crippen LogP contribution in [0.15, 0.2) is 67.3 Å². The number of aliphatic imine (C=N–C) groups is 3. The molecule has 21 heterocycles. The number of Topliss-reactive ketones (excluding diaryl/α,β-unsaturated/α-hetero) is 3. The van der Waals surface area contributed by atoms with Crippen LogP contribution in [-0.2, 0) is 146 Å². The van der Waals surface area contributed by atoms with E-state index in [4.69, 9.17) is 159 Å². The summed E-state index contributed by atoms with van der Waals surface area (Å²) in [4.78, 5) is 195. The highest BCUT2D eigenvalue weighted by molar-refractivity contribution is 8.08. The van der Waals surface area contributed by atoms with Crippen LogP contribution < -0.4 is 33.9 Å². The molecule has 6 unspecified atom stereocenters. The molecule has 0 spiro atoms. The minimum Gasteiger partial charge on any atom is -0.387 e. The molecule has 12 aliphatic rings. The largest absolute Gasteiger partial charge is 0.472 e. The fraction of sp³-hybridized carbons (Fsp3) is 0.524. The third-order valence-electron chi connectivity index (χ3n) is 22.1. The first-order valence-electron chi connectivity index (χ1n) is 39.2. The number of anilines is 3. The lowest BCUT2D eigenvalue weighted by Gasteiger charge is -2.27. The highest BCUT2D eigenvalue weighted by atomic mass is 32.5. The predicted molar refractivity (Wildman–Crippen MR) is 457 cm³/mol. The van der Waals surface area contributed by atoms with E-state index >= 15 is 17.6 Å². The van der Waals surface area contributed by atoms with E-state index in [2.05, 4.69) is 74.8 Å². The molecule has 71 heteroatoms. The molecular weight excluding hydrogens is 2030 g/mol. The molecule has 29 atom stereocenters. The molecule has 12 aliphatic heterocycles. The summed E-state index contributed by atoms with van der Waals surface area (Å²) in [5.74, 6) is -1.30. The van der Waals surface area contributed by atoms with Gasteiger partial charge in [-0.25, -0.2) is 67.0 Å². The summed E-state index contributed by atoms with van der Waals surface area (Å²) in [6.45, 7) is -25.1. The molecule has 720 valence electrons. The summed E-state index contributed by atoms with van der Waals surface area (Å²) in [7, 11) is -5.19. The van der Waals surface area contributed by atoms with Crippen LogP contribution in [0.2, 0.25) is 0 Å². The fourth-order valence-electron chi connectivity index (χ4n) is 16.1. The Bertz CT molecular complexity index is 6570. The van der Waals surface area contributed by atoms with Crippen molar-refractivity contribution in [2.45, 2.75) is 167 Å². The van der Waals surface area contributed by atoms with Crippen molar-refractivity contribution < 1.29 is 154 Å². The number of halogens is 4. The van der Waals surface area contributed by atoms with Gasteiger partial charge in [-0.15, -0.1) is 0 Å². The summed E-state index contributed by atoms with van der Waals surface area (Å²) < 4.78 is 185. The van der Waals surface area contributed by atoms with Gasteiger partial charge in [0.15, 0.2) is 141 Å². The Morgan fingerprint density at radius 2 is 0.687 bits per heavy atom. The van der Waals surface area contributed by atoms with E-state index in [1.807, 2.05) is 0 Å². The third kappa shape index (κ3) is 18.7. The number of alkyl halides is 4. The predicted octanol–water partition coefficient (Wildman–Crippen LogP) is 0.785. The van der Waals surface area contributed by atoms with E-state index in [-0.39, 0.29) is 129 Å². The standard InChI is InChI=1S/C21H22F2N8O11P2S.C21H23FN8O11P2S2.C21H23FN8O10P2S2/c22-10-8-3-38-44(36,45)42-14-9(40-19(11(14)23)30-5-26-12-7(32)1-2-25-16(12)30)4-37-43(34,35)41-15(10)20(39-8)31-6-27-13-17(31)28-21(24)29-18(13)33;22-10-14-9(39-19(10)29-5-25-11-7(31)1-2-24-16(11)29)4-37-43(35,45)41-15-13(32)8(3-36-42(34,44)40-14)38-20(15)30-6-26-12-17(30)27-21(23)28-18(12)33;22-13-11-5-36-41(33,43)39-9-3-12(29-6-25-14-8(31)1-2-24-17(14)29)37-10(9)4-35-42(34,44)40-16(13)20(38-11)30-7-26-15-18(30)27-21(23)28-19(15)32/h2,5-6,8-11,14-15,19-20H,1,3-4H2,(H,34,35)(H,36,45)(H3,24,28,29,33);2,5-6,8-10,13-15,19-20,32H,1,3-4H2,(H,34,44)(H,35,45)(H3,23,27,28,33);2,6-7,9-13,16,20H,1,3-5H2,(H,33,43)(H,34,44)(H3,23,27,28,32)/t8-,9-,10-,11+,14-,15-,19-,20-,44?;8-,9-,10-,13-,14-,15-,19-,20-,42?,43?;9-,10+,11+,12+,13+,16+,20+,41?,42?/m110/s1. The summed E-state index contributed by atoms with van der Waals surface area (Å²) in [5.41, 5.74) is 14.5. The van der Waals surface area contributed by atoms with Crippen molar-refractivity contribution in [1.29, 1.82) is 0 Å². The number of fused-ring (bicyclic) bond motifs is 15. The minimum absolute atomic E-state index is 0.000399. The van der Waals surface area contributed by atoms with Gasteiger partial charge >= 0.3 is 41.4 Å². The molecule has 6 bridgehead atoms. The first-order valence-corrected chi connectivity index (χ1v) is 53.6. The van der Waals surface area contributed by atoms with Gasteiger partial charge in [0.2, 0.25) is 17.8 Å². The molecule has 134 heavy (non-hydrogen) atoms. The van der Waals surface area contributed by atoms with E-state index in [9.17, 15) is 67.8 Å². The van der Waals surface area contributed by atoms with Crippen molar-refractivity contribution in [3.63, 3.8) is 0 Å². The molecule has 9 aromatic heterocycles. The second kappa shape index (κ2) is 36.5. The zero-order chi connectivity index (χ0) is 94.6. The number of phosphoric ester groups is 1. The molecular formula is C63H68F4N24O32P6S5. The summed E-state index contributed by atoms with van der Waals surface area (Å²) in [5, 5.41) is 11.1. The average molecular weight is 2100 g/mol. The fourth-order valence-corrected chi connectivity index (χ4v) is 24.2. The van der Waals surface area contributed by atoms with E-state index < -0.39 is 239 Å². The van der Waals surface area contributed by atoms with Crippen LogP contribution in [0.25, 0.3) is 33.5 Å². The Kier molecular flexibility index (Phi) is 25.9. The minimum atomic E-state index is -5.19. The van der Waals surface area contributed by atoms with Gasteiger partial charge < -0.3 is 107 Å². The molecule has 9 aromatic rings. The number of nitrogens with zero attached hydrogens (tertiary/aromatic N) is 18. The van der Waals surface area contributed by atoms with Gasteiger partial charge in [-0.2, -0.15) is 15.0 Å². The Balaban J connectivity index is 0.000000129. The van der Waals surface area contributed by atoms with Crippen molar-refractivity contribution >= 4 is 205 Å². The number of aliphatic hydroxyl groups excluding tert-OH is 1. The molecule has 21 rings (SSSR count). The number of hydrogen-bond donors (Lipinski definition) is 13. The molecule has 0 saturated carbocycles. The van der Waals surface area contributed by atoms with Crippen molar-refractivity contribution in [3.8, 4) is 0 Å². The lowest BCUT2D eigenvalue weighted by atomic mass is 10.1. The summed E-state index contributed by atoms with van der Waals surface area (Å²) >= 11 is 25.9. The smallest absolute Gasteiger partial charge is 0.387 e. The first-order chi connectivity index (χ1) is 63.5. The van der Waals surface area contributed by atoms with Gasteiger partial charge in [-0.1, -0.05) is 0 Å². The molecule has 0 radical (unpaired) electrons. The number of nitrogen functional groups attached to an aromatic ring is 3. The maximum absolute atomic E-state index is 16.0. The quantitative estimate of drug-likeness (QED) is 0.0808. The van der Waals surface area contributed by atoms with Crippen LogP contribution in [0.5, 0.6) is 0 Å². The number of phosphoric acid groups is 1. The summed E-state index contributed by atoms with van der Waals surface area (Å²) in [6, 6.07) is 0. The number of nitrogens with two attached hydrogens (primary N) is 3. The van der Waals surface area contributed by atoms with Crippen molar-refractivity contribution in [2.75, 3.05) is 56.8 Å². The second-order valence-electron chi connectivity index (χ2n) is 30.7. The number of nitrogens with one attached hydrogen (secondary N) is 3. The number of aliphatic hydroxyl groups is 1. The summed E-state index contributed by atoms with van der Waals surface area (Å²) in [6.07, 6.45) is -24.0. The average Bonchev–Trinajstić information content (AvgIpc) is 1.62. The Morgan fingerprint density at radius 3 is 1.11 bits per heavy atom. The molecule has 9 fully saturated rings. The lowest BCUT2D eigenvalue weighted by Crippen LogP contribution is -2.35. The van der Waals surface area contributed by atoms with E-state index in [1.54, 1.807) is 0 Å². The van der Waals surface area contributed by atoms with Crippen molar-refractivity contribution in [2.24, 2.45) is 15.0 Å². The van der Waals surface area contributed by atoms with Crippen molar-refractivity contribution in [3.05, 3.63) is 86.1 Å². The highest BCUT2D eigenvalue weighted by Gasteiger charge is 2.59. The maximum atomic E-state index is 16.0. The maximum Gasteiger partial charge on any atom is 0.472 e. The molecule has 56 nitrogen and oxygen atoms in total. The van der Waals surface area contributed by atoms with Gasteiger partial charge in [0.25, 0.3) is 16.7 Å². The monoisotopic (exact) mass is 2090 g/mol. The zero-order valence-corrected chi connectivity index (χ0v) is 76.4. The zero-order valence-electron chi connectivity index (χ0n) is 66.9. The lowest BCUT2D eigenvalue weighted by molar-refractivity contribution is -0.0644. The van der Waals surface area contributed by atoms with Crippen molar-refractivity contribution in [1.82, 2.24) is 87.2 Å². The van der Waals surface area contributed by atoms with Gasteiger partial charge in [-0.05, 0) is 59.0 Å². The number of H-pyrrole nitrogens is 3. The number of rotatable bonds is 6. The number of aromatic nitrogens is 18. The Hall–Kier alpha value is -7.70. The van der Waals surface area contributed by atoms with E-state index in [0.29, 0.717) is 0 Å². The molecule has 0 aromatic carbocycles. The number of carbonyl (C=O) groups is 3. The molecule has 16 N–H and O–H groups in total. The van der Waals surface area contributed by atoms with Crippen LogP contribution >= 0.6 is 41.4 Å². The number of ketones is 3. The topological polar surface area (TPSA) is 735 Å². The highest BCUT2D eigenvalue weighted by Crippen LogP contribution is 2.60. The van der Waals surface area contributed by atoms with Gasteiger partial charge in [0.1, 0.15) is 79.5 Å². The molecule has 0 amide bonds. The van der Waals surface area contributed by atoms with Crippen LogP contribution in [0.4, 0.5) is 52.9 Å². The Morgan fingerprint density at radius 1 is 0.366 bits per heavy atom. The molecule has 9 saturated heterocycles. The van der Waals surface area contributed by atoms with Gasteiger partial charge in [-0.3, -0.25) is 98.3 Å². The number of ether oxygens (including phenoxy) is 6. The van der Waals surface area contributed by atoms with Gasteiger partial charge in [0.05, 0.1) is 83.7 Å². The van der Waals surface area contributed by atoms with Crippen LogP contribution in [-0.4, -0.2) is 301 Å². The first kappa shape index (κ1) is 95.2. The number of carbonyl (C=O) groups excluding carboxylic acids is 3.